The van der Waals surface area contributed by atoms with Crippen LogP contribution in [0.25, 0.3) is 0 Å². The third-order valence-electron chi connectivity index (χ3n) is 3.85. The highest BCUT2D eigenvalue weighted by Gasteiger charge is 2.27. The SMILES string of the molecule is CCC(=O)C[S+]1CCC(=O)CC1.CCCCCCCCS(=O)(=O)[O-]. The Morgan fingerprint density at radius 2 is 1.58 bits per heavy atom. The number of hydrogen-bond acceptors (Lipinski definition) is 5. The molecule has 0 N–H and O–H groups in total. The molecule has 1 aliphatic heterocycles. The summed E-state index contributed by atoms with van der Waals surface area (Å²) in [6.07, 6.45) is 8.03. The second kappa shape index (κ2) is 13.8. The summed E-state index contributed by atoms with van der Waals surface area (Å²) in [4.78, 5) is 22.0. The van der Waals surface area contributed by atoms with Gasteiger partial charge in [0.25, 0.3) is 0 Å². The molecule has 1 heterocycles. The van der Waals surface area contributed by atoms with Crippen molar-refractivity contribution in [2.45, 2.75) is 71.6 Å². The Labute approximate surface area is 150 Å². The monoisotopic (exact) mass is 380 g/mol. The molecule has 0 aromatic heterocycles. The molecular weight excluding hydrogens is 348 g/mol. The minimum absolute atomic E-state index is 0.195. The molecule has 1 saturated heterocycles. The summed E-state index contributed by atoms with van der Waals surface area (Å²) in [6.45, 7) is 4.03. The zero-order valence-electron chi connectivity index (χ0n) is 15.1. The Bertz CT molecular complexity index is 450. The molecule has 7 heteroatoms. The zero-order chi connectivity index (χ0) is 18.4. The number of rotatable bonds is 10. The molecule has 0 spiro atoms. The van der Waals surface area contributed by atoms with E-state index in [1.165, 1.54) is 12.8 Å². The van der Waals surface area contributed by atoms with E-state index in [-0.39, 0.29) is 16.6 Å². The van der Waals surface area contributed by atoms with Crippen LogP contribution in [0.3, 0.4) is 0 Å². The smallest absolute Gasteiger partial charge is 0.181 e. The lowest BCUT2D eigenvalue weighted by atomic mass is 10.1. The maximum atomic E-state index is 11.1. The molecule has 1 aliphatic rings. The number of ketones is 2. The van der Waals surface area contributed by atoms with Crippen molar-refractivity contribution in [1.82, 2.24) is 0 Å². The molecule has 1 rings (SSSR count). The van der Waals surface area contributed by atoms with Crippen LogP contribution in [0.15, 0.2) is 0 Å². The molecule has 0 amide bonds. The Morgan fingerprint density at radius 3 is 2.08 bits per heavy atom. The Morgan fingerprint density at radius 1 is 1.04 bits per heavy atom. The minimum Gasteiger partial charge on any atom is -0.748 e. The summed E-state index contributed by atoms with van der Waals surface area (Å²) in [6, 6.07) is 0. The normalized spacial score (nSPS) is 15.7. The lowest BCUT2D eigenvalue weighted by Gasteiger charge is -2.11. The average molecular weight is 381 g/mol. The quantitative estimate of drug-likeness (QED) is 0.330. The predicted octanol–water partition coefficient (Wildman–Crippen LogP) is 2.84. The van der Waals surface area contributed by atoms with Gasteiger partial charge in [0.1, 0.15) is 17.3 Å². The van der Waals surface area contributed by atoms with Crippen LogP contribution in [-0.2, 0) is 30.6 Å². The van der Waals surface area contributed by atoms with Gasteiger partial charge in [-0.05, 0) is 17.3 Å². The van der Waals surface area contributed by atoms with Crippen molar-refractivity contribution in [2.24, 2.45) is 0 Å². The fraction of sp³-hybridized carbons (Fsp3) is 0.882. The summed E-state index contributed by atoms with van der Waals surface area (Å²) < 4.78 is 30.5. The van der Waals surface area contributed by atoms with Gasteiger partial charge in [0.05, 0.1) is 23.0 Å². The van der Waals surface area contributed by atoms with Crippen LogP contribution in [0.4, 0.5) is 0 Å². The van der Waals surface area contributed by atoms with E-state index < -0.39 is 10.1 Å². The Hall–Kier alpha value is -0.400. The van der Waals surface area contributed by atoms with Crippen LogP contribution in [0, 0.1) is 0 Å². The fourth-order valence-electron chi connectivity index (χ4n) is 2.28. The maximum absolute atomic E-state index is 11.1. The van der Waals surface area contributed by atoms with Crippen molar-refractivity contribution < 1.29 is 22.6 Å². The topological polar surface area (TPSA) is 91.3 Å². The first kappa shape index (κ1) is 23.6. The van der Waals surface area contributed by atoms with Gasteiger partial charge in [-0.1, -0.05) is 46.0 Å². The average Bonchev–Trinajstić information content (AvgIpc) is 2.52. The van der Waals surface area contributed by atoms with Gasteiger partial charge in [0.15, 0.2) is 11.5 Å². The van der Waals surface area contributed by atoms with E-state index in [1.807, 2.05) is 6.92 Å². The van der Waals surface area contributed by atoms with Gasteiger partial charge in [-0.3, -0.25) is 9.59 Å². The van der Waals surface area contributed by atoms with Crippen molar-refractivity contribution in [1.29, 1.82) is 0 Å². The van der Waals surface area contributed by atoms with Gasteiger partial charge in [-0.2, -0.15) is 0 Å². The van der Waals surface area contributed by atoms with Crippen molar-refractivity contribution in [3.8, 4) is 0 Å². The number of Topliss-reactive ketones (excluding diaryl/α,β-unsaturated/α-hetero) is 2. The molecular formula is C17H32O5S2. The third-order valence-corrected chi connectivity index (χ3v) is 6.93. The van der Waals surface area contributed by atoms with Crippen LogP contribution in [0.1, 0.15) is 71.6 Å². The number of hydrogen-bond donors (Lipinski definition) is 0. The van der Waals surface area contributed by atoms with E-state index in [1.54, 1.807) is 0 Å². The van der Waals surface area contributed by atoms with Crippen molar-refractivity contribution in [3.63, 3.8) is 0 Å². The second-order valence-electron chi connectivity index (χ2n) is 6.13. The molecule has 0 aromatic rings. The molecule has 0 aromatic carbocycles. The van der Waals surface area contributed by atoms with Crippen molar-refractivity contribution in [3.05, 3.63) is 0 Å². The molecule has 0 bridgehead atoms. The second-order valence-corrected chi connectivity index (χ2v) is 9.98. The number of carbonyl (C=O) groups excluding carboxylic acids is 2. The molecule has 0 saturated carbocycles. The highest BCUT2D eigenvalue weighted by atomic mass is 32.2. The van der Waals surface area contributed by atoms with Gasteiger partial charge < -0.3 is 4.55 Å². The molecule has 0 radical (unpaired) electrons. The fourth-order valence-corrected chi connectivity index (χ4v) is 5.02. The van der Waals surface area contributed by atoms with Gasteiger partial charge in [-0.15, -0.1) is 0 Å². The van der Waals surface area contributed by atoms with E-state index in [9.17, 15) is 22.6 Å². The highest BCUT2D eigenvalue weighted by Crippen LogP contribution is 2.11. The summed E-state index contributed by atoms with van der Waals surface area (Å²) in [5.41, 5.74) is 0. The first-order chi connectivity index (χ1) is 11.3. The summed E-state index contributed by atoms with van der Waals surface area (Å²) in [5.74, 6) is 3.19. The van der Waals surface area contributed by atoms with Gasteiger partial charge >= 0.3 is 0 Å². The van der Waals surface area contributed by atoms with E-state index in [4.69, 9.17) is 0 Å². The van der Waals surface area contributed by atoms with E-state index in [0.29, 0.717) is 37.2 Å². The molecule has 24 heavy (non-hydrogen) atoms. The summed E-state index contributed by atoms with van der Waals surface area (Å²) >= 11 is 0. The number of unbranched alkanes of at least 4 members (excludes halogenated alkanes) is 5. The minimum atomic E-state index is -3.97. The van der Waals surface area contributed by atoms with Crippen LogP contribution in [0.5, 0.6) is 0 Å². The van der Waals surface area contributed by atoms with Crippen LogP contribution in [-0.4, -0.2) is 47.5 Å². The van der Waals surface area contributed by atoms with Crippen molar-refractivity contribution >= 4 is 32.6 Å². The molecule has 5 nitrogen and oxygen atoms in total. The number of carbonyl (C=O) groups is 2. The Balaban J connectivity index is 0.000000441. The van der Waals surface area contributed by atoms with E-state index in [0.717, 1.165) is 36.5 Å². The highest BCUT2D eigenvalue weighted by molar-refractivity contribution is 7.97. The molecule has 142 valence electrons. The van der Waals surface area contributed by atoms with Crippen LogP contribution >= 0.6 is 0 Å². The van der Waals surface area contributed by atoms with Crippen LogP contribution in [0.2, 0.25) is 0 Å². The van der Waals surface area contributed by atoms with E-state index >= 15 is 0 Å². The zero-order valence-corrected chi connectivity index (χ0v) is 16.7. The van der Waals surface area contributed by atoms with Gasteiger partial charge in [0.2, 0.25) is 0 Å². The first-order valence-corrected chi connectivity index (χ1v) is 12.2. The van der Waals surface area contributed by atoms with Crippen molar-refractivity contribution in [2.75, 3.05) is 23.0 Å². The lowest BCUT2D eigenvalue weighted by molar-refractivity contribution is -0.119. The van der Waals surface area contributed by atoms with Crippen LogP contribution < -0.4 is 0 Å². The Kier molecular flexibility index (Phi) is 13.6. The summed E-state index contributed by atoms with van der Waals surface area (Å²) in [5, 5.41) is 0. The maximum Gasteiger partial charge on any atom is 0.181 e. The molecule has 0 aliphatic carbocycles. The standard InChI is InChI=1S/C9H15O2S.C8H18O3S/c1-2-8(10)7-12-5-3-9(11)4-6-12;1-2-3-4-5-6-7-8-12(9,10)11/h2-7H2,1H3;2-8H2,1H3,(H,9,10,11)/q+1;/p-1. The van der Waals surface area contributed by atoms with E-state index in [2.05, 4.69) is 6.92 Å². The van der Waals surface area contributed by atoms with Gasteiger partial charge in [-0.25, -0.2) is 8.42 Å². The predicted molar refractivity (Wildman–Crippen MR) is 99.4 cm³/mol. The molecule has 1 fully saturated rings. The molecule has 0 atom stereocenters. The lowest BCUT2D eigenvalue weighted by Crippen LogP contribution is -2.29. The largest absolute Gasteiger partial charge is 0.748 e. The first-order valence-electron chi connectivity index (χ1n) is 8.89. The molecule has 0 unspecified atom stereocenters. The van der Waals surface area contributed by atoms with Gasteiger partial charge in [0, 0.05) is 12.2 Å². The summed E-state index contributed by atoms with van der Waals surface area (Å²) in [7, 11) is -3.73. The third kappa shape index (κ3) is 15.1.